The Balaban J connectivity index is 0. The molecule has 0 heterocycles. The zero-order valence-corrected chi connectivity index (χ0v) is 8.09. The van der Waals surface area contributed by atoms with E-state index in [-0.39, 0.29) is 71.9 Å². The summed E-state index contributed by atoms with van der Waals surface area (Å²) in [5, 5.41) is 0. The molecule has 6 heteroatoms. The van der Waals surface area contributed by atoms with Gasteiger partial charge in [0, 0.05) is 20.4 Å². The van der Waals surface area contributed by atoms with E-state index < -0.39 is 0 Å². The van der Waals surface area contributed by atoms with E-state index in [0.29, 0.717) is 0 Å². The van der Waals surface area contributed by atoms with Crippen molar-refractivity contribution in [2.75, 3.05) is 0 Å². The van der Waals surface area contributed by atoms with Gasteiger partial charge in [0.1, 0.15) is 0 Å². The molecule has 0 unspecified atom stereocenters. The summed E-state index contributed by atoms with van der Waals surface area (Å²) in [6, 6.07) is 0. The van der Waals surface area contributed by atoms with E-state index in [9.17, 15) is 0 Å². The molecule has 0 aromatic heterocycles. The number of rotatable bonds is 0. The molecule has 0 aromatic carbocycles. The van der Waals surface area contributed by atoms with Gasteiger partial charge in [-0.15, -0.1) is 0 Å². The molecule has 1 radical (unpaired) electrons. The predicted molar refractivity (Wildman–Crippen MR) is 14.5 cm³/mol. The molecule has 0 aliphatic heterocycles. The number of hydrogen-bond donors (Lipinski definition) is 0. The molecule has 0 rings (SSSR count). The van der Waals surface area contributed by atoms with Gasteiger partial charge in [-0.25, -0.2) is 0 Å². The molecule has 0 bridgehead atoms. The van der Waals surface area contributed by atoms with Crippen LogP contribution in [0.4, 0.5) is 0 Å². The van der Waals surface area contributed by atoms with E-state index >= 15 is 0 Å². The molecule has 0 fully saturated rings. The molecule has 0 aliphatic carbocycles. The maximum atomic E-state index is 0. The van der Waals surface area contributed by atoms with Crippen LogP contribution in [0.5, 0.6) is 0 Å². The Morgan fingerprint density at radius 3 is 0.500 bits per heavy atom. The Morgan fingerprint density at radius 2 is 0.500 bits per heavy atom. The van der Waals surface area contributed by atoms with E-state index in [1.807, 2.05) is 0 Å². The molecule has 0 spiro atoms. The van der Waals surface area contributed by atoms with Crippen LogP contribution in [-0.2, 0) is 20.4 Å². The van der Waals surface area contributed by atoms with Crippen LogP contribution in [0.1, 0.15) is 0 Å². The average Bonchev–Trinajstić information content (AvgIpc) is 0. The van der Waals surface area contributed by atoms with Crippen molar-refractivity contribution >= 4 is 0 Å². The molecule has 4 nitrogen and oxygen atoms in total. The van der Waals surface area contributed by atoms with Crippen molar-refractivity contribution in [2.24, 2.45) is 0 Å². The normalized spacial score (nSPS) is 0. The van der Waals surface area contributed by atoms with Gasteiger partial charge in [0.05, 0.1) is 0 Å². The van der Waals surface area contributed by atoms with Crippen LogP contribution in [0.3, 0.4) is 0 Å². The van der Waals surface area contributed by atoms with E-state index in [4.69, 9.17) is 0 Å². The maximum Gasteiger partial charge on any atom is 1.00 e. The van der Waals surface area contributed by atoms with Crippen LogP contribution >= 0.6 is 0 Å². The van der Waals surface area contributed by atoms with Gasteiger partial charge >= 0.3 is 29.6 Å². The molecule has 0 aromatic rings. The van der Waals surface area contributed by atoms with Crippen molar-refractivity contribution in [3.63, 3.8) is 0 Å². The van der Waals surface area contributed by atoms with Gasteiger partial charge in [0.25, 0.3) is 0 Å². The maximum absolute atomic E-state index is 0. The van der Waals surface area contributed by atoms with E-state index in [2.05, 4.69) is 0 Å². The minimum Gasteiger partial charge on any atom is -0.412 e. The molecule has 0 aliphatic rings. The second-order valence-corrected chi connectivity index (χ2v) is 0. The van der Waals surface area contributed by atoms with Crippen LogP contribution in [0.25, 0.3) is 0 Å². The molecule has 0 saturated heterocycles. The first-order chi connectivity index (χ1) is 0. The Bertz CT molecular complexity index is 7.51. The molecule has 0 amide bonds. The molecule has 8 N–H and O–H groups in total. The Hall–Kier alpha value is 1.50. The molecular formula is H8NaO4Re+. The van der Waals surface area contributed by atoms with Crippen LogP contribution in [0, 0.1) is 0 Å². The van der Waals surface area contributed by atoms with E-state index in [1.54, 1.807) is 0 Å². The molecule has 0 saturated carbocycles. The van der Waals surface area contributed by atoms with Crippen molar-refractivity contribution in [1.82, 2.24) is 0 Å². The minimum atomic E-state index is 0. The molecular weight excluding hydrogens is 273 g/mol. The Kier molecular flexibility index (Phi) is 2040. The summed E-state index contributed by atoms with van der Waals surface area (Å²) >= 11 is 0. The molecule has 6 heavy (non-hydrogen) atoms. The summed E-state index contributed by atoms with van der Waals surface area (Å²) in [4.78, 5) is 0. The van der Waals surface area contributed by atoms with Gasteiger partial charge < -0.3 is 21.9 Å². The SMILES string of the molecule is O.O.O.O.[Na+].[Re]. The standard InChI is InChI=1S/Na.4H2O.Re/h;4*1H2;/q+1;;;;;. The number of hydrogen-bond acceptors (Lipinski definition) is 0. The third kappa shape index (κ3) is 49.4. The monoisotopic (exact) mass is 282 g/mol. The van der Waals surface area contributed by atoms with Crippen LogP contribution in [0.2, 0.25) is 0 Å². The van der Waals surface area contributed by atoms with Crippen molar-refractivity contribution in [1.29, 1.82) is 0 Å². The first-order valence-electron chi connectivity index (χ1n) is 0. The summed E-state index contributed by atoms with van der Waals surface area (Å²) in [7, 11) is 0. The second-order valence-electron chi connectivity index (χ2n) is 0. The van der Waals surface area contributed by atoms with E-state index in [1.165, 1.54) is 0 Å². The van der Waals surface area contributed by atoms with Crippen molar-refractivity contribution in [2.45, 2.75) is 0 Å². The van der Waals surface area contributed by atoms with Crippen LogP contribution in [0.15, 0.2) is 0 Å². The summed E-state index contributed by atoms with van der Waals surface area (Å²) < 4.78 is 0. The largest absolute Gasteiger partial charge is 1.00 e. The average molecular weight is 281 g/mol. The van der Waals surface area contributed by atoms with Gasteiger partial charge in [-0.05, 0) is 0 Å². The van der Waals surface area contributed by atoms with Gasteiger partial charge in [0.2, 0.25) is 0 Å². The summed E-state index contributed by atoms with van der Waals surface area (Å²) in [5.41, 5.74) is 0. The zero-order valence-electron chi connectivity index (χ0n) is 3.38. The Morgan fingerprint density at radius 1 is 0.500 bits per heavy atom. The molecule has 39 valence electrons. The smallest absolute Gasteiger partial charge is 0.412 e. The third-order valence-corrected chi connectivity index (χ3v) is 0. The quantitative estimate of drug-likeness (QED) is 0.392. The minimum absolute atomic E-state index is 0. The summed E-state index contributed by atoms with van der Waals surface area (Å²) in [6.45, 7) is 0. The van der Waals surface area contributed by atoms with Gasteiger partial charge in [-0.2, -0.15) is 0 Å². The second kappa shape index (κ2) is 87.2. The van der Waals surface area contributed by atoms with Gasteiger partial charge in [0.15, 0.2) is 0 Å². The van der Waals surface area contributed by atoms with Crippen molar-refractivity contribution in [3.05, 3.63) is 0 Å². The molecule has 0 atom stereocenters. The fraction of sp³-hybridized carbons (Fsp3) is 0. The van der Waals surface area contributed by atoms with Crippen LogP contribution < -0.4 is 29.6 Å². The van der Waals surface area contributed by atoms with Crippen molar-refractivity contribution in [3.8, 4) is 0 Å². The predicted octanol–water partition coefficient (Wildman–Crippen LogP) is -6.30. The zero-order chi connectivity index (χ0) is 0. The third-order valence-electron chi connectivity index (χ3n) is 0. The van der Waals surface area contributed by atoms with Gasteiger partial charge in [-0.3, -0.25) is 0 Å². The summed E-state index contributed by atoms with van der Waals surface area (Å²) in [6.07, 6.45) is 0. The Labute approximate surface area is 71.5 Å². The fourth-order valence-electron chi connectivity index (χ4n) is 0. The van der Waals surface area contributed by atoms with Gasteiger partial charge in [-0.1, -0.05) is 0 Å². The fourth-order valence-corrected chi connectivity index (χ4v) is 0. The summed E-state index contributed by atoms with van der Waals surface area (Å²) in [5.74, 6) is 0. The van der Waals surface area contributed by atoms with E-state index in [0.717, 1.165) is 0 Å². The topological polar surface area (TPSA) is 126 Å². The first kappa shape index (κ1) is 141. The van der Waals surface area contributed by atoms with Crippen molar-refractivity contribution < 1.29 is 71.9 Å². The van der Waals surface area contributed by atoms with Crippen LogP contribution in [-0.4, -0.2) is 21.9 Å². The first-order valence-corrected chi connectivity index (χ1v) is 0.